The van der Waals surface area contributed by atoms with E-state index in [9.17, 15) is 0 Å². The third-order valence-electron chi connectivity index (χ3n) is 1.28. The number of hydrogen-bond acceptors (Lipinski definition) is 1. The van der Waals surface area contributed by atoms with E-state index in [4.69, 9.17) is 4.74 Å². The van der Waals surface area contributed by atoms with Crippen LogP contribution in [0.25, 0.3) is 0 Å². The van der Waals surface area contributed by atoms with Crippen LogP contribution in [0.4, 0.5) is 0 Å². The van der Waals surface area contributed by atoms with Crippen LogP contribution in [-0.2, 0) is 4.74 Å². The normalized spacial score (nSPS) is 11.1. The van der Waals surface area contributed by atoms with Crippen LogP contribution in [-0.4, -0.2) is 50.0 Å². The van der Waals surface area contributed by atoms with E-state index in [2.05, 4.69) is 49.4 Å². The van der Waals surface area contributed by atoms with E-state index < -0.39 is 36.8 Å². The molecule has 0 atom stereocenters. The molecule has 1 nitrogen and oxygen atoms in total. The molecule has 0 unspecified atom stereocenters. The Hall–Kier alpha value is 0.677. The molecule has 0 aromatic carbocycles. The summed E-state index contributed by atoms with van der Waals surface area (Å²) in [6.45, 7) is 1.09. The van der Waals surface area contributed by atoms with E-state index in [1.165, 1.54) is 0 Å². The van der Waals surface area contributed by atoms with Gasteiger partial charge in [0.2, 0.25) is 0 Å². The van der Waals surface area contributed by atoms with Crippen molar-refractivity contribution in [3.8, 4) is 19.7 Å². The first kappa shape index (κ1) is 15.7. The molecule has 0 aromatic heterocycles. The topological polar surface area (TPSA) is 9.23 Å². The second-order valence-corrected chi connectivity index (χ2v) is 32.7. The van der Waals surface area contributed by atoms with Gasteiger partial charge in [0.15, 0.2) is 0 Å². The summed E-state index contributed by atoms with van der Waals surface area (Å²) in [6, 6.07) is 0. The van der Waals surface area contributed by atoms with Gasteiger partial charge in [-0.2, -0.15) is 0 Å². The average molecular weight is 420 g/mol. The predicted octanol–water partition coefficient (Wildman–Crippen LogP) is 2.76. The molecular weight excluding hydrogens is 398 g/mol. The molecule has 0 aromatic rings. The molecule has 0 heterocycles. The maximum atomic E-state index is 5.34. The van der Waals surface area contributed by atoms with Gasteiger partial charge >= 0.3 is 104 Å². The molecule has 0 saturated carbocycles. The van der Waals surface area contributed by atoms with E-state index in [1.807, 2.05) is 0 Å². The zero-order valence-corrected chi connectivity index (χ0v) is 16.5. The fourth-order valence-electron chi connectivity index (χ4n) is 0.756. The predicted molar refractivity (Wildman–Crippen MR) is 73.1 cm³/mol. The van der Waals surface area contributed by atoms with Crippen molar-refractivity contribution in [3.05, 3.63) is 0 Å². The summed E-state index contributed by atoms with van der Waals surface area (Å²) >= 11 is -3.76. The van der Waals surface area contributed by atoms with Crippen LogP contribution in [0.5, 0.6) is 0 Å². The van der Waals surface area contributed by atoms with Gasteiger partial charge in [-0.05, 0) is 0 Å². The van der Waals surface area contributed by atoms with E-state index in [-0.39, 0.29) is 0 Å². The molecule has 0 radical (unpaired) electrons. The Morgan fingerprint density at radius 2 is 1.07 bits per heavy atom. The van der Waals surface area contributed by atoms with Crippen molar-refractivity contribution < 1.29 is 4.74 Å². The molecule has 0 amide bonds. The molecule has 15 heavy (non-hydrogen) atoms. The van der Waals surface area contributed by atoms with Crippen molar-refractivity contribution in [1.29, 1.82) is 0 Å². The summed E-state index contributed by atoms with van der Waals surface area (Å²) in [4.78, 5) is 13.8. The molecule has 84 valence electrons. The maximum absolute atomic E-state index is 5.34. The van der Waals surface area contributed by atoms with Crippen molar-refractivity contribution in [1.82, 2.24) is 0 Å². The van der Waals surface area contributed by atoms with Crippen LogP contribution in [0, 0.1) is 19.7 Å². The van der Waals surface area contributed by atoms with Crippen molar-refractivity contribution in [2.24, 2.45) is 0 Å². The van der Waals surface area contributed by atoms with Crippen molar-refractivity contribution in [3.63, 3.8) is 0 Å². The quantitative estimate of drug-likeness (QED) is 0.380. The van der Waals surface area contributed by atoms with Crippen LogP contribution in [0.1, 0.15) is 0 Å². The van der Waals surface area contributed by atoms with Crippen molar-refractivity contribution >= 4 is 36.8 Å². The zero-order chi connectivity index (χ0) is 11.9. The van der Waals surface area contributed by atoms with Crippen LogP contribution < -0.4 is 0 Å². The van der Waals surface area contributed by atoms with E-state index in [1.54, 1.807) is 0 Å². The molecule has 0 N–H and O–H groups in total. The van der Waals surface area contributed by atoms with Gasteiger partial charge in [0.25, 0.3) is 0 Å². The minimum absolute atomic E-state index is 0.544. The van der Waals surface area contributed by atoms with Crippen molar-refractivity contribution in [2.45, 2.75) is 29.6 Å². The van der Waals surface area contributed by atoms with Crippen LogP contribution >= 0.6 is 0 Å². The fraction of sp³-hybridized carbons (Fsp3) is 0.667. The molecule has 0 aliphatic rings. The van der Waals surface area contributed by atoms with Crippen LogP contribution in [0.15, 0.2) is 0 Å². The second kappa shape index (κ2) is 7.09. The van der Waals surface area contributed by atoms with Gasteiger partial charge in [0, 0.05) is 0 Å². The van der Waals surface area contributed by atoms with Gasteiger partial charge in [-0.1, -0.05) is 0 Å². The molecule has 0 fully saturated rings. The van der Waals surface area contributed by atoms with Crippen LogP contribution in [0.3, 0.4) is 0 Å². The Balaban J connectivity index is 3.72. The Morgan fingerprint density at radius 3 is 1.33 bits per heavy atom. The summed E-state index contributed by atoms with van der Waals surface area (Å²) in [5, 5.41) is 0. The average Bonchev–Trinajstić information content (AvgIpc) is 1.98. The third kappa shape index (κ3) is 14.7. The number of ether oxygens (including phenoxy) is 1. The van der Waals surface area contributed by atoms with Gasteiger partial charge in [0.1, 0.15) is 0 Å². The zero-order valence-electron chi connectivity index (χ0n) is 10.8. The minimum atomic E-state index is -1.88. The Bertz CT molecular complexity index is 267. The molecule has 0 aliphatic carbocycles. The van der Waals surface area contributed by atoms with Gasteiger partial charge in [0.05, 0.1) is 0 Å². The summed E-state index contributed by atoms with van der Waals surface area (Å²) in [7, 11) is 0. The van der Waals surface area contributed by atoms with Gasteiger partial charge in [-0.3, -0.25) is 0 Å². The fourth-order valence-corrected chi connectivity index (χ4v) is 4.19. The summed E-state index contributed by atoms with van der Waals surface area (Å²) in [5.41, 5.74) is 0. The molecule has 3 heteroatoms. The molecule has 0 spiro atoms. The molecular formula is C12H22OSn2. The first-order valence-electron chi connectivity index (χ1n) is 5.28. The second-order valence-electron chi connectivity index (χ2n) is 5.60. The monoisotopic (exact) mass is 422 g/mol. The van der Waals surface area contributed by atoms with E-state index in [0.717, 1.165) is 0 Å². The Morgan fingerprint density at radius 1 is 0.733 bits per heavy atom. The van der Waals surface area contributed by atoms with Crippen molar-refractivity contribution in [2.75, 3.05) is 13.2 Å². The van der Waals surface area contributed by atoms with E-state index >= 15 is 0 Å². The van der Waals surface area contributed by atoms with E-state index in [0.29, 0.717) is 13.2 Å². The SMILES string of the molecule is [CH3][Sn]([CH3])([CH3])[C]#CCOCC#[C][Sn]([CH3])([CH3])[CH3]. The standard InChI is InChI=1S/C6H4O.6CH3.2Sn/c1-3-5-7-6-4-2;;;;;;;;/h5-6H2;6*1H3;;. The molecule has 0 rings (SSSR count). The first-order chi connectivity index (χ1) is 6.71. The van der Waals surface area contributed by atoms with Crippen LogP contribution in [0.2, 0.25) is 29.6 Å². The summed E-state index contributed by atoms with van der Waals surface area (Å²) < 4.78 is 12.0. The van der Waals surface area contributed by atoms with Gasteiger partial charge in [-0.25, -0.2) is 0 Å². The Kier molecular flexibility index (Phi) is 7.41. The number of hydrogen-bond donors (Lipinski definition) is 0. The Labute approximate surface area is 103 Å². The first-order valence-corrected chi connectivity index (χ1v) is 25.3. The third-order valence-corrected chi connectivity index (χ3v) is 6.57. The molecule has 0 saturated heterocycles. The molecule has 0 aliphatic heterocycles. The number of rotatable bonds is 2. The van der Waals surface area contributed by atoms with Gasteiger partial charge < -0.3 is 0 Å². The molecule has 0 bridgehead atoms. The van der Waals surface area contributed by atoms with Gasteiger partial charge in [-0.15, -0.1) is 0 Å². The summed E-state index contributed by atoms with van der Waals surface area (Å²) in [5.74, 6) is 6.19. The summed E-state index contributed by atoms with van der Waals surface area (Å²) in [6.07, 6.45) is 0.